The number of nitrogens with zero attached hydrogens (tertiary/aromatic N) is 5. The smallest absolute Gasteiger partial charge is 0.251 e. The molecule has 6 nitrogen and oxygen atoms in total. The lowest BCUT2D eigenvalue weighted by Crippen LogP contribution is -2.19. The predicted molar refractivity (Wildman–Crippen MR) is 96.7 cm³/mol. The van der Waals surface area contributed by atoms with Gasteiger partial charge in [-0.3, -0.25) is 8.39 Å². The van der Waals surface area contributed by atoms with Gasteiger partial charge in [-0.05, 0) is 30.5 Å². The molecule has 3 aromatic heterocycles. The molecular weight excluding hydrogens is 370 g/mol. The summed E-state index contributed by atoms with van der Waals surface area (Å²) in [6.45, 7) is 5.03. The second-order valence-electron chi connectivity index (χ2n) is 6.00. The van der Waals surface area contributed by atoms with Crippen LogP contribution >= 0.6 is 16.1 Å². The molecule has 0 saturated heterocycles. The highest BCUT2D eigenvalue weighted by molar-refractivity contribution is 9.08. The molecule has 0 radical (unpaired) electrons. The number of imidazole rings is 1. The molecular formula is C17H18BrN5O. The molecule has 0 aliphatic rings. The maximum atomic E-state index is 12.2. The van der Waals surface area contributed by atoms with Crippen LogP contribution in [0.2, 0.25) is 0 Å². The fourth-order valence-corrected chi connectivity index (χ4v) is 2.70. The van der Waals surface area contributed by atoms with E-state index in [1.807, 2.05) is 24.4 Å². The number of pyridine rings is 1. The van der Waals surface area contributed by atoms with E-state index in [-0.39, 0.29) is 5.56 Å². The van der Waals surface area contributed by atoms with E-state index >= 15 is 0 Å². The standard InChI is InChI=1S/C17H18BrN5O/c1-12(2)5-8-22-9-6-13(11-16(22)24)14-3-4-15(21-20-14)17-19-7-10-23(17)18/h3-4,6-7,9-12H,5,8H2,1-2H3. The topological polar surface area (TPSA) is 65.6 Å². The molecule has 3 aromatic rings. The van der Waals surface area contributed by atoms with Gasteiger partial charge in [0.05, 0.1) is 21.8 Å². The van der Waals surface area contributed by atoms with Gasteiger partial charge in [-0.1, -0.05) is 13.8 Å². The monoisotopic (exact) mass is 387 g/mol. The second kappa shape index (κ2) is 7.09. The van der Waals surface area contributed by atoms with Crippen LogP contribution < -0.4 is 5.56 Å². The summed E-state index contributed by atoms with van der Waals surface area (Å²) in [4.78, 5) is 16.4. The predicted octanol–water partition coefficient (Wildman–Crippen LogP) is 3.37. The van der Waals surface area contributed by atoms with Crippen LogP contribution in [0, 0.1) is 5.92 Å². The van der Waals surface area contributed by atoms with Crippen molar-refractivity contribution < 1.29 is 0 Å². The van der Waals surface area contributed by atoms with Gasteiger partial charge in [0.25, 0.3) is 5.56 Å². The summed E-state index contributed by atoms with van der Waals surface area (Å²) in [5, 5.41) is 8.42. The van der Waals surface area contributed by atoms with Crippen molar-refractivity contribution in [2.45, 2.75) is 26.8 Å². The molecule has 0 aliphatic heterocycles. The van der Waals surface area contributed by atoms with Gasteiger partial charge in [0.1, 0.15) is 5.69 Å². The summed E-state index contributed by atoms with van der Waals surface area (Å²) >= 11 is 3.35. The quantitative estimate of drug-likeness (QED) is 0.672. The minimum atomic E-state index is -0.0185. The highest BCUT2D eigenvalue weighted by atomic mass is 79.9. The molecule has 3 heterocycles. The fraction of sp³-hybridized carbons (Fsp3) is 0.294. The van der Waals surface area contributed by atoms with Gasteiger partial charge in [-0.2, -0.15) is 0 Å². The van der Waals surface area contributed by atoms with Crippen molar-refractivity contribution in [3.63, 3.8) is 0 Å². The zero-order valence-electron chi connectivity index (χ0n) is 13.6. The molecule has 7 heteroatoms. The molecule has 0 N–H and O–H groups in total. The van der Waals surface area contributed by atoms with Gasteiger partial charge in [0.2, 0.25) is 0 Å². The average molecular weight is 388 g/mol. The zero-order chi connectivity index (χ0) is 17.1. The highest BCUT2D eigenvalue weighted by Gasteiger charge is 2.08. The number of hydrogen-bond donors (Lipinski definition) is 0. The van der Waals surface area contributed by atoms with Crippen LogP contribution in [0.4, 0.5) is 0 Å². The number of aromatic nitrogens is 5. The summed E-state index contributed by atoms with van der Waals surface area (Å²) in [6.07, 6.45) is 6.26. The Kier molecular flexibility index (Phi) is 4.89. The Labute approximate surface area is 148 Å². The third-order valence-corrected chi connectivity index (χ3v) is 4.30. The lowest BCUT2D eigenvalue weighted by Gasteiger charge is -2.08. The average Bonchev–Trinajstić information content (AvgIpc) is 3.00. The maximum absolute atomic E-state index is 12.2. The van der Waals surface area contributed by atoms with E-state index in [9.17, 15) is 4.79 Å². The summed E-state index contributed by atoms with van der Waals surface area (Å²) in [5.41, 5.74) is 2.07. The Balaban J connectivity index is 1.83. The Morgan fingerprint density at radius 2 is 1.88 bits per heavy atom. The van der Waals surface area contributed by atoms with Crippen LogP contribution in [0.5, 0.6) is 0 Å². The van der Waals surface area contributed by atoms with Gasteiger partial charge in [0.15, 0.2) is 5.82 Å². The van der Waals surface area contributed by atoms with E-state index in [1.54, 1.807) is 26.6 Å². The number of aryl methyl sites for hydroxylation is 1. The number of hydrogen-bond acceptors (Lipinski definition) is 4. The van der Waals surface area contributed by atoms with Crippen molar-refractivity contribution in [1.82, 2.24) is 23.3 Å². The van der Waals surface area contributed by atoms with Crippen molar-refractivity contribution in [1.29, 1.82) is 0 Å². The third kappa shape index (κ3) is 3.62. The van der Waals surface area contributed by atoms with Gasteiger partial charge < -0.3 is 4.57 Å². The van der Waals surface area contributed by atoms with Crippen molar-refractivity contribution in [2.75, 3.05) is 0 Å². The van der Waals surface area contributed by atoms with Gasteiger partial charge in [-0.15, -0.1) is 10.2 Å². The number of halogens is 1. The van der Waals surface area contributed by atoms with E-state index in [2.05, 4.69) is 45.2 Å². The van der Waals surface area contributed by atoms with Crippen LogP contribution in [0.3, 0.4) is 0 Å². The first-order valence-electron chi connectivity index (χ1n) is 7.79. The summed E-state index contributed by atoms with van der Waals surface area (Å²) in [5.74, 6) is 1.25. The first-order chi connectivity index (χ1) is 11.5. The molecule has 3 rings (SSSR count). The molecule has 24 heavy (non-hydrogen) atoms. The van der Waals surface area contributed by atoms with Crippen molar-refractivity contribution in [3.8, 4) is 22.8 Å². The molecule has 0 aliphatic carbocycles. The van der Waals surface area contributed by atoms with E-state index < -0.39 is 0 Å². The SMILES string of the molecule is CC(C)CCn1ccc(-c2ccc(-c3nccn3Br)nn2)cc1=O. The Morgan fingerprint density at radius 3 is 2.46 bits per heavy atom. The maximum Gasteiger partial charge on any atom is 0.251 e. The molecule has 124 valence electrons. The lowest BCUT2D eigenvalue weighted by molar-refractivity contribution is 0.508. The highest BCUT2D eigenvalue weighted by Crippen LogP contribution is 2.19. The first kappa shape index (κ1) is 16.6. The molecule has 0 saturated carbocycles. The van der Waals surface area contributed by atoms with Crippen LogP contribution in [0.15, 0.2) is 47.7 Å². The molecule has 0 spiro atoms. The van der Waals surface area contributed by atoms with Crippen LogP contribution in [0.25, 0.3) is 22.8 Å². The van der Waals surface area contributed by atoms with E-state index in [0.717, 1.165) is 18.5 Å². The van der Waals surface area contributed by atoms with Gasteiger partial charge in [-0.25, -0.2) is 4.98 Å². The van der Waals surface area contributed by atoms with Crippen LogP contribution in [-0.4, -0.2) is 23.3 Å². The van der Waals surface area contributed by atoms with Gasteiger partial charge >= 0.3 is 0 Å². The largest absolute Gasteiger partial charge is 0.315 e. The molecule has 0 bridgehead atoms. The summed E-state index contributed by atoms with van der Waals surface area (Å²) in [7, 11) is 0. The van der Waals surface area contributed by atoms with E-state index in [0.29, 0.717) is 23.1 Å². The number of rotatable bonds is 5. The molecule has 0 unspecified atom stereocenters. The van der Waals surface area contributed by atoms with Crippen molar-refractivity contribution in [2.24, 2.45) is 5.92 Å². The first-order valence-corrected chi connectivity index (χ1v) is 8.50. The molecule has 0 aromatic carbocycles. The molecule has 0 atom stereocenters. The van der Waals surface area contributed by atoms with E-state index in [1.165, 1.54) is 0 Å². The minimum Gasteiger partial charge on any atom is -0.315 e. The normalized spacial score (nSPS) is 11.2. The zero-order valence-corrected chi connectivity index (χ0v) is 15.1. The Bertz CT molecular complexity index is 882. The third-order valence-electron chi connectivity index (χ3n) is 3.73. The summed E-state index contributed by atoms with van der Waals surface area (Å²) < 4.78 is 3.43. The van der Waals surface area contributed by atoms with Crippen LogP contribution in [0.1, 0.15) is 20.3 Å². The second-order valence-corrected chi connectivity index (χ2v) is 6.76. The van der Waals surface area contributed by atoms with Crippen LogP contribution in [-0.2, 0) is 6.54 Å². The molecule has 0 fully saturated rings. The summed E-state index contributed by atoms with van der Waals surface area (Å²) in [6, 6.07) is 7.19. The fourth-order valence-electron chi connectivity index (χ4n) is 2.32. The Hall–Kier alpha value is -2.28. The van der Waals surface area contributed by atoms with Gasteiger partial charge in [0, 0.05) is 36.8 Å². The van der Waals surface area contributed by atoms with E-state index in [4.69, 9.17) is 0 Å². The minimum absolute atomic E-state index is 0.0185. The lowest BCUT2D eigenvalue weighted by atomic mass is 10.1. The van der Waals surface area contributed by atoms with Crippen molar-refractivity contribution >= 4 is 16.1 Å². The molecule has 0 amide bonds. The van der Waals surface area contributed by atoms with Crippen molar-refractivity contribution in [3.05, 3.63) is 53.2 Å². The Morgan fingerprint density at radius 1 is 1.12 bits per heavy atom.